The number of hydrogen-bond acceptors (Lipinski definition) is 3. The third-order valence-electron chi connectivity index (χ3n) is 3.17. The summed E-state index contributed by atoms with van der Waals surface area (Å²) in [6, 6.07) is 18.3. The molecule has 3 rings (SSSR count). The van der Waals surface area contributed by atoms with Crippen LogP contribution in [0, 0.1) is 6.92 Å². The Labute approximate surface area is 122 Å². The van der Waals surface area contributed by atoms with Crippen LogP contribution in [0.15, 0.2) is 64.5 Å². The Morgan fingerprint density at radius 3 is 2.55 bits per heavy atom. The van der Waals surface area contributed by atoms with Gasteiger partial charge in [-0.1, -0.05) is 47.7 Å². The molecule has 0 atom stereocenters. The molecule has 3 heteroatoms. The van der Waals surface area contributed by atoms with Crippen LogP contribution in [0.5, 0.6) is 0 Å². The lowest BCUT2D eigenvalue weighted by atomic mass is 10.2. The molecule has 2 nitrogen and oxygen atoms in total. The third kappa shape index (κ3) is 2.69. The minimum absolute atomic E-state index is 0.00598. The number of pyridine rings is 1. The van der Waals surface area contributed by atoms with Gasteiger partial charge in [-0.3, -0.25) is 0 Å². The van der Waals surface area contributed by atoms with Gasteiger partial charge >= 0.3 is 0 Å². The zero-order valence-corrected chi connectivity index (χ0v) is 12.0. The van der Waals surface area contributed by atoms with Crippen LogP contribution >= 0.6 is 11.8 Å². The van der Waals surface area contributed by atoms with Gasteiger partial charge < -0.3 is 5.11 Å². The van der Waals surface area contributed by atoms with Crippen molar-refractivity contribution >= 4 is 22.7 Å². The fraction of sp³-hybridized carbons (Fsp3) is 0.118. The molecule has 1 N–H and O–H groups in total. The molecule has 0 amide bonds. The van der Waals surface area contributed by atoms with Crippen molar-refractivity contribution in [2.24, 2.45) is 0 Å². The molecule has 0 saturated heterocycles. The van der Waals surface area contributed by atoms with Crippen molar-refractivity contribution in [3.05, 3.63) is 65.7 Å². The molecule has 0 aliphatic carbocycles. The number of aromatic nitrogens is 1. The van der Waals surface area contributed by atoms with Crippen LogP contribution in [0.3, 0.4) is 0 Å². The van der Waals surface area contributed by atoms with Gasteiger partial charge in [0, 0.05) is 15.8 Å². The lowest BCUT2D eigenvalue weighted by Crippen LogP contribution is -1.92. The van der Waals surface area contributed by atoms with E-state index in [1.165, 1.54) is 5.56 Å². The number of nitrogens with zero attached hydrogens (tertiary/aromatic N) is 1. The quantitative estimate of drug-likeness (QED) is 0.781. The maximum atomic E-state index is 9.55. The zero-order valence-electron chi connectivity index (χ0n) is 11.2. The van der Waals surface area contributed by atoms with Gasteiger partial charge in [-0.25, -0.2) is 4.98 Å². The molecule has 0 saturated carbocycles. The molecule has 3 aromatic rings. The van der Waals surface area contributed by atoms with Gasteiger partial charge in [-0.15, -0.1) is 0 Å². The van der Waals surface area contributed by atoms with Gasteiger partial charge in [0.15, 0.2) is 0 Å². The highest BCUT2D eigenvalue weighted by Crippen LogP contribution is 2.31. The Hall–Kier alpha value is -1.84. The highest BCUT2D eigenvalue weighted by Gasteiger charge is 2.08. The van der Waals surface area contributed by atoms with Crippen molar-refractivity contribution in [2.75, 3.05) is 0 Å². The van der Waals surface area contributed by atoms with Crippen LogP contribution in [-0.2, 0) is 6.61 Å². The average molecular weight is 281 g/mol. The number of fused-ring (bicyclic) bond motifs is 1. The molecule has 0 radical (unpaired) electrons. The first kappa shape index (κ1) is 13.2. The minimum Gasteiger partial charge on any atom is -0.392 e. The van der Waals surface area contributed by atoms with Crippen molar-refractivity contribution < 1.29 is 5.11 Å². The molecular formula is C17H15NOS. The van der Waals surface area contributed by atoms with E-state index >= 15 is 0 Å². The number of aliphatic hydroxyl groups excluding tert-OH is 1. The summed E-state index contributed by atoms with van der Waals surface area (Å²) in [5.41, 5.74) is 3.07. The zero-order chi connectivity index (χ0) is 13.9. The molecule has 1 heterocycles. The van der Waals surface area contributed by atoms with E-state index in [9.17, 15) is 5.11 Å². The van der Waals surface area contributed by atoms with Crippen LogP contribution < -0.4 is 0 Å². The smallest absolute Gasteiger partial charge is 0.107 e. The van der Waals surface area contributed by atoms with E-state index in [0.717, 1.165) is 26.4 Å². The lowest BCUT2D eigenvalue weighted by Gasteiger charge is -2.08. The van der Waals surface area contributed by atoms with Crippen LogP contribution in [0.25, 0.3) is 10.9 Å². The van der Waals surface area contributed by atoms with Gasteiger partial charge in [0.05, 0.1) is 12.1 Å². The van der Waals surface area contributed by atoms with E-state index in [1.54, 1.807) is 11.8 Å². The van der Waals surface area contributed by atoms with Gasteiger partial charge in [0.2, 0.25) is 0 Å². The number of benzene rings is 2. The van der Waals surface area contributed by atoms with Crippen LogP contribution in [0.2, 0.25) is 0 Å². The summed E-state index contributed by atoms with van der Waals surface area (Å²) in [5.74, 6) is 0. The Bertz CT molecular complexity index is 738. The first-order chi connectivity index (χ1) is 9.76. The third-order valence-corrected chi connectivity index (χ3v) is 4.22. The first-order valence-electron chi connectivity index (χ1n) is 6.50. The Balaban J connectivity index is 2.03. The summed E-state index contributed by atoms with van der Waals surface area (Å²) in [6.45, 7) is 2.08. The number of para-hydroxylation sites is 1. The summed E-state index contributed by atoms with van der Waals surface area (Å²) < 4.78 is 0. The SMILES string of the molecule is Cc1ccc(Sc2nc3ccccc3cc2CO)cc1. The minimum atomic E-state index is 0.00598. The standard InChI is InChI=1S/C17H15NOS/c1-12-6-8-15(9-7-12)20-17-14(11-19)10-13-4-2-3-5-16(13)18-17/h2-10,19H,11H2,1H3. The van der Waals surface area contributed by atoms with Crippen molar-refractivity contribution in [3.63, 3.8) is 0 Å². The second kappa shape index (κ2) is 5.65. The average Bonchev–Trinajstić information content (AvgIpc) is 2.49. The number of aliphatic hydroxyl groups is 1. The molecule has 0 aliphatic heterocycles. The first-order valence-corrected chi connectivity index (χ1v) is 7.32. The largest absolute Gasteiger partial charge is 0.392 e. The van der Waals surface area contributed by atoms with E-state index in [-0.39, 0.29) is 6.61 Å². The molecule has 0 bridgehead atoms. The molecule has 0 aliphatic rings. The molecule has 20 heavy (non-hydrogen) atoms. The van der Waals surface area contributed by atoms with E-state index in [4.69, 9.17) is 0 Å². The van der Waals surface area contributed by atoms with Gasteiger partial charge in [0.1, 0.15) is 5.03 Å². The van der Waals surface area contributed by atoms with E-state index in [1.807, 2.05) is 30.3 Å². The van der Waals surface area contributed by atoms with Crippen LogP contribution in [-0.4, -0.2) is 10.1 Å². The normalized spacial score (nSPS) is 10.9. The van der Waals surface area contributed by atoms with Crippen molar-refractivity contribution in [3.8, 4) is 0 Å². The fourth-order valence-corrected chi connectivity index (χ4v) is 2.96. The summed E-state index contributed by atoms with van der Waals surface area (Å²) in [4.78, 5) is 5.80. The Morgan fingerprint density at radius 2 is 1.80 bits per heavy atom. The van der Waals surface area contributed by atoms with Crippen molar-refractivity contribution in [1.29, 1.82) is 0 Å². The van der Waals surface area contributed by atoms with Crippen LogP contribution in [0.1, 0.15) is 11.1 Å². The number of rotatable bonds is 3. The summed E-state index contributed by atoms with van der Waals surface area (Å²) in [6.07, 6.45) is 0. The monoisotopic (exact) mass is 281 g/mol. The maximum Gasteiger partial charge on any atom is 0.107 e. The molecule has 0 unspecified atom stereocenters. The van der Waals surface area contributed by atoms with Crippen molar-refractivity contribution in [2.45, 2.75) is 23.5 Å². The maximum absolute atomic E-state index is 9.55. The van der Waals surface area contributed by atoms with Gasteiger partial charge in [-0.2, -0.15) is 0 Å². The predicted octanol–water partition coefficient (Wildman–Crippen LogP) is 4.19. The molecule has 2 aromatic carbocycles. The second-order valence-corrected chi connectivity index (χ2v) is 5.78. The highest BCUT2D eigenvalue weighted by atomic mass is 32.2. The molecule has 0 spiro atoms. The van der Waals surface area contributed by atoms with E-state index in [2.05, 4.69) is 36.2 Å². The number of hydrogen-bond donors (Lipinski definition) is 1. The van der Waals surface area contributed by atoms with Crippen molar-refractivity contribution in [1.82, 2.24) is 4.98 Å². The Kier molecular flexibility index (Phi) is 3.72. The highest BCUT2D eigenvalue weighted by molar-refractivity contribution is 7.99. The summed E-state index contributed by atoms with van der Waals surface area (Å²) in [5, 5.41) is 11.5. The number of aryl methyl sites for hydroxylation is 1. The summed E-state index contributed by atoms with van der Waals surface area (Å²) >= 11 is 1.59. The summed E-state index contributed by atoms with van der Waals surface area (Å²) in [7, 11) is 0. The van der Waals surface area contributed by atoms with Gasteiger partial charge in [0.25, 0.3) is 0 Å². The Morgan fingerprint density at radius 1 is 1.05 bits per heavy atom. The molecule has 100 valence electrons. The molecular weight excluding hydrogens is 266 g/mol. The van der Waals surface area contributed by atoms with E-state index < -0.39 is 0 Å². The molecule has 0 fully saturated rings. The predicted molar refractivity (Wildman–Crippen MR) is 83.0 cm³/mol. The van der Waals surface area contributed by atoms with Crippen LogP contribution in [0.4, 0.5) is 0 Å². The lowest BCUT2D eigenvalue weighted by molar-refractivity contribution is 0.278. The van der Waals surface area contributed by atoms with Gasteiger partial charge in [-0.05, 0) is 31.2 Å². The van der Waals surface area contributed by atoms with E-state index in [0.29, 0.717) is 0 Å². The molecule has 1 aromatic heterocycles. The topological polar surface area (TPSA) is 33.1 Å². The second-order valence-electron chi connectivity index (χ2n) is 4.72. The fourth-order valence-electron chi connectivity index (χ4n) is 2.06.